The summed E-state index contributed by atoms with van der Waals surface area (Å²) in [6.07, 6.45) is 7.63. The number of nitrogens with one attached hydrogen (secondary N) is 1. The largest absolute Gasteiger partial charge is 0.394 e. The van der Waals surface area contributed by atoms with Crippen molar-refractivity contribution >= 4 is 0 Å². The Morgan fingerprint density at radius 2 is 2.00 bits per heavy atom. The van der Waals surface area contributed by atoms with Crippen LogP contribution in [-0.2, 0) is 4.74 Å². The smallest absolute Gasteiger partial charge is 0.0610 e. The van der Waals surface area contributed by atoms with Crippen LogP contribution in [0.5, 0.6) is 0 Å². The Hall–Kier alpha value is -0.120. The first kappa shape index (κ1) is 14.9. The summed E-state index contributed by atoms with van der Waals surface area (Å²) in [7, 11) is 0. The van der Waals surface area contributed by atoms with Crippen molar-refractivity contribution in [2.24, 2.45) is 0 Å². The van der Waals surface area contributed by atoms with Crippen molar-refractivity contribution in [2.45, 2.75) is 77.0 Å². The number of hydrogen-bond donors (Lipinski definition) is 2. The molecule has 2 N–H and O–H groups in total. The van der Waals surface area contributed by atoms with Gasteiger partial charge in [0.1, 0.15) is 0 Å². The zero-order valence-corrected chi connectivity index (χ0v) is 11.7. The molecule has 3 heteroatoms. The number of hydrogen-bond acceptors (Lipinski definition) is 3. The Morgan fingerprint density at radius 3 is 2.53 bits per heavy atom. The predicted octanol–water partition coefficient (Wildman–Crippen LogP) is 2.47. The van der Waals surface area contributed by atoms with Crippen molar-refractivity contribution in [2.75, 3.05) is 13.2 Å². The van der Waals surface area contributed by atoms with Gasteiger partial charge in [0.05, 0.1) is 12.7 Å². The van der Waals surface area contributed by atoms with E-state index in [9.17, 15) is 5.11 Å². The first-order valence-corrected chi connectivity index (χ1v) is 7.06. The zero-order valence-electron chi connectivity index (χ0n) is 11.7. The Balaban J connectivity index is 2.13. The van der Waals surface area contributed by atoms with Gasteiger partial charge in [0, 0.05) is 18.2 Å². The molecule has 0 aromatic carbocycles. The van der Waals surface area contributed by atoms with E-state index in [-0.39, 0.29) is 12.1 Å². The van der Waals surface area contributed by atoms with Crippen LogP contribution >= 0.6 is 0 Å². The fourth-order valence-corrected chi connectivity index (χ4v) is 2.66. The van der Waals surface area contributed by atoms with E-state index in [0.717, 1.165) is 19.4 Å². The van der Waals surface area contributed by atoms with Gasteiger partial charge in [0.25, 0.3) is 0 Å². The molecule has 0 saturated heterocycles. The topological polar surface area (TPSA) is 41.5 Å². The minimum absolute atomic E-state index is 0.160. The maximum absolute atomic E-state index is 9.44. The minimum atomic E-state index is -0.160. The summed E-state index contributed by atoms with van der Waals surface area (Å²) in [4.78, 5) is 0. The van der Waals surface area contributed by atoms with Gasteiger partial charge in [-0.1, -0.05) is 26.7 Å². The molecule has 0 aromatic rings. The third kappa shape index (κ3) is 5.84. The molecule has 3 nitrogen and oxygen atoms in total. The average molecular weight is 243 g/mol. The van der Waals surface area contributed by atoms with Crippen LogP contribution in [-0.4, -0.2) is 36.0 Å². The lowest BCUT2D eigenvalue weighted by Gasteiger charge is -2.31. The second-order valence-electron chi connectivity index (χ2n) is 5.90. The summed E-state index contributed by atoms with van der Waals surface area (Å²) in [5.41, 5.74) is -0.160. The van der Waals surface area contributed by atoms with Gasteiger partial charge in [-0.25, -0.2) is 0 Å². The monoisotopic (exact) mass is 243 g/mol. The van der Waals surface area contributed by atoms with Crippen LogP contribution in [0.4, 0.5) is 0 Å². The lowest BCUT2D eigenvalue weighted by molar-refractivity contribution is 0.0483. The molecule has 0 spiro atoms. The molecule has 0 bridgehead atoms. The summed E-state index contributed by atoms with van der Waals surface area (Å²) in [5, 5.41) is 12.9. The van der Waals surface area contributed by atoms with Gasteiger partial charge in [-0.3, -0.25) is 0 Å². The van der Waals surface area contributed by atoms with Crippen LogP contribution in [0.15, 0.2) is 0 Å². The van der Waals surface area contributed by atoms with Crippen LogP contribution in [0, 0.1) is 0 Å². The molecule has 0 amide bonds. The molecule has 1 fully saturated rings. The highest BCUT2D eigenvalue weighted by atomic mass is 16.5. The Morgan fingerprint density at radius 1 is 1.35 bits per heavy atom. The molecule has 1 aliphatic carbocycles. The van der Waals surface area contributed by atoms with Crippen LogP contribution in [0.25, 0.3) is 0 Å². The fraction of sp³-hybridized carbons (Fsp3) is 1.00. The molecule has 17 heavy (non-hydrogen) atoms. The first-order chi connectivity index (χ1) is 8.06. The lowest BCUT2D eigenvalue weighted by Crippen LogP contribution is -2.49. The normalized spacial score (nSPS) is 21.0. The molecule has 0 heterocycles. The molecule has 1 saturated carbocycles. The van der Waals surface area contributed by atoms with E-state index in [0.29, 0.717) is 12.1 Å². The van der Waals surface area contributed by atoms with E-state index < -0.39 is 0 Å². The summed E-state index contributed by atoms with van der Waals surface area (Å²) < 4.78 is 5.84. The summed E-state index contributed by atoms with van der Waals surface area (Å²) in [6.45, 7) is 7.34. The maximum Gasteiger partial charge on any atom is 0.0610 e. The van der Waals surface area contributed by atoms with Gasteiger partial charge in [-0.2, -0.15) is 0 Å². The van der Waals surface area contributed by atoms with Gasteiger partial charge in [0.2, 0.25) is 0 Å². The van der Waals surface area contributed by atoms with E-state index in [4.69, 9.17) is 4.74 Å². The van der Waals surface area contributed by atoms with Crippen LogP contribution in [0.2, 0.25) is 0 Å². The number of rotatable bonds is 8. The lowest BCUT2D eigenvalue weighted by atomic mass is 9.96. The highest BCUT2D eigenvalue weighted by Gasteiger charge is 2.23. The molecule has 1 atom stereocenters. The van der Waals surface area contributed by atoms with Crippen molar-refractivity contribution in [1.82, 2.24) is 5.32 Å². The van der Waals surface area contributed by atoms with E-state index in [1.807, 2.05) is 0 Å². The molecule has 0 aromatic heterocycles. The average Bonchev–Trinajstić information content (AvgIpc) is 2.76. The molecular formula is C14H29NO2. The molecule has 0 radical (unpaired) electrons. The van der Waals surface area contributed by atoms with Gasteiger partial charge in [-0.15, -0.1) is 0 Å². The van der Waals surface area contributed by atoms with Gasteiger partial charge >= 0.3 is 0 Å². The molecule has 102 valence electrons. The highest BCUT2D eigenvalue weighted by Crippen LogP contribution is 2.21. The van der Waals surface area contributed by atoms with Crippen LogP contribution < -0.4 is 5.32 Å². The second kappa shape index (κ2) is 7.34. The molecule has 1 aliphatic rings. The SMILES string of the molecule is CC(C)NC(C)(CO)CCCOC1CCCC1. The summed E-state index contributed by atoms with van der Waals surface area (Å²) >= 11 is 0. The number of ether oxygens (including phenoxy) is 1. The maximum atomic E-state index is 9.44. The fourth-order valence-electron chi connectivity index (χ4n) is 2.66. The summed E-state index contributed by atoms with van der Waals surface area (Å²) in [5.74, 6) is 0. The summed E-state index contributed by atoms with van der Waals surface area (Å²) in [6, 6.07) is 0.405. The van der Waals surface area contributed by atoms with E-state index >= 15 is 0 Å². The van der Waals surface area contributed by atoms with E-state index in [1.54, 1.807) is 0 Å². The zero-order chi connectivity index (χ0) is 12.7. The Kier molecular flexibility index (Phi) is 6.45. The third-order valence-electron chi connectivity index (χ3n) is 3.51. The Labute approximate surface area is 106 Å². The van der Waals surface area contributed by atoms with E-state index in [1.165, 1.54) is 25.7 Å². The van der Waals surface area contributed by atoms with Crippen molar-refractivity contribution in [3.8, 4) is 0 Å². The number of aliphatic hydroxyl groups is 1. The molecular weight excluding hydrogens is 214 g/mol. The Bertz CT molecular complexity index is 202. The molecule has 1 unspecified atom stereocenters. The van der Waals surface area contributed by atoms with Crippen molar-refractivity contribution in [1.29, 1.82) is 0 Å². The van der Waals surface area contributed by atoms with Crippen LogP contribution in [0.1, 0.15) is 59.3 Å². The van der Waals surface area contributed by atoms with Crippen LogP contribution in [0.3, 0.4) is 0 Å². The quantitative estimate of drug-likeness (QED) is 0.644. The van der Waals surface area contributed by atoms with Crippen molar-refractivity contribution in [3.05, 3.63) is 0 Å². The van der Waals surface area contributed by atoms with Crippen molar-refractivity contribution in [3.63, 3.8) is 0 Å². The van der Waals surface area contributed by atoms with E-state index in [2.05, 4.69) is 26.1 Å². The molecule has 1 rings (SSSR count). The first-order valence-electron chi connectivity index (χ1n) is 7.06. The third-order valence-corrected chi connectivity index (χ3v) is 3.51. The molecule has 0 aliphatic heterocycles. The minimum Gasteiger partial charge on any atom is -0.394 e. The highest BCUT2D eigenvalue weighted by molar-refractivity contribution is 4.83. The number of aliphatic hydroxyl groups excluding tert-OH is 1. The second-order valence-corrected chi connectivity index (χ2v) is 5.90. The standard InChI is InChI=1S/C14H29NO2/c1-12(2)15-14(3,11-16)9-6-10-17-13-7-4-5-8-13/h12-13,15-16H,4-11H2,1-3H3. The predicted molar refractivity (Wildman–Crippen MR) is 71.2 cm³/mol. The van der Waals surface area contributed by atoms with Crippen molar-refractivity contribution < 1.29 is 9.84 Å². The van der Waals surface area contributed by atoms with Gasteiger partial charge in [-0.05, 0) is 32.6 Å². The van der Waals surface area contributed by atoms with Gasteiger partial charge < -0.3 is 15.2 Å². The van der Waals surface area contributed by atoms with Gasteiger partial charge in [0.15, 0.2) is 0 Å².